The summed E-state index contributed by atoms with van der Waals surface area (Å²) in [5, 5.41) is 1.48. The van der Waals surface area contributed by atoms with E-state index < -0.39 is 10.0 Å². The second kappa shape index (κ2) is 8.14. The summed E-state index contributed by atoms with van der Waals surface area (Å²) in [5.74, 6) is 2.15. The van der Waals surface area contributed by atoms with E-state index in [0.29, 0.717) is 35.6 Å². The first-order chi connectivity index (χ1) is 15.0. The van der Waals surface area contributed by atoms with E-state index in [-0.39, 0.29) is 11.4 Å². The first kappa shape index (κ1) is 20.3. The Morgan fingerprint density at radius 2 is 1.77 bits per heavy atom. The van der Waals surface area contributed by atoms with Crippen molar-refractivity contribution < 1.29 is 17.9 Å². The Balaban J connectivity index is 1.43. The first-order valence-electron chi connectivity index (χ1n) is 10.1. The highest BCUT2D eigenvalue weighted by molar-refractivity contribution is 7.89. The summed E-state index contributed by atoms with van der Waals surface area (Å²) >= 11 is 6.19. The van der Waals surface area contributed by atoms with Gasteiger partial charge >= 0.3 is 0 Å². The van der Waals surface area contributed by atoms with Gasteiger partial charge in [0.2, 0.25) is 10.0 Å². The second-order valence-electron chi connectivity index (χ2n) is 7.45. The van der Waals surface area contributed by atoms with Crippen molar-refractivity contribution in [1.82, 2.24) is 14.7 Å². The smallest absolute Gasteiger partial charge is 0.241 e. The van der Waals surface area contributed by atoms with Crippen molar-refractivity contribution in [3.63, 3.8) is 0 Å². The number of nitrogens with zero attached hydrogens (tertiary/aromatic N) is 3. The van der Waals surface area contributed by atoms with Gasteiger partial charge in [0.1, 0.15) is 24.9 Å². The molecule has 31 heavy (non-hydrogen) atoms. The number of rotatable bonds is 5. The lowest BCUT2D eigenvalue weighted by Crippen LogP contribution is -2.26. The molecule has 0 bridgehead atoms. The van der Waals surface area contributed by atoms with Crippen LogP contribution in [0.3, 0.4) is 0 Å². The molecular formula is C21H21ClN4O4S. The van der Waals surface area contributed by atoms with Crippen LogP contribution in [-0.4, -0.2) is 44.7 Å². The normalized spacial score (nSPS) is 16.1. The molecule has 0 atom stereocenters. The summed E-state index contributed by atoms with van der Waals surface area (Å²) in [6, 6.07) is 10.0. The number of ether oxygens (including phenoxy) is 2. The van der Waals surface area contributed by atoms with Gasteiger partial charge in [0.15, 0.2) is 11.5 Å². The van der Waals surface area contributed by atoms with E-state index in [2.05, 4.69) is 19.6 Å². The van der Waals surface area contributed by atoms with Crippen LogP contribution in [0.4, 0.5) is 5.82 Å². The van der Waals surface area contributed by atoms with Gasteiger partial charge in [-0.25, -0.2) is 23.1 Å². The molecule has 0 saturated carbocycles. The van der Waals surface area contributed by atoms with Crippen molar-refractivity contribution >= 4 is 38.3 Å². The number of benzene rings is 2. The summed E-state index contributed by atoms with van der Waals surface area (Å²) < 4.78 is 39.2. The molecule has 2 aliphatic heterocycles. The third-order valence-electron chi connectivity index (χ3n) is 5.33. The minimum Gasteiger partial charge on any atom is -0.486 e. The third-order valence-corrected chi connectivity index (χ3v) is 6.97. The van der Waals surface area contributed by atoms with Crippen LogP contribution < -0.4 is 19.1 Å². The maximum Gasteiger partial charge on any atom is 0.241 e. The van der Waals surface area contributed by atoms with Crippen LogP contribution in [-0.2, 0) is 16.6 Å². The molecule has 3 aromatic rings. The molecule has 1 aromatic heterocycles. The Bertz CT molecular complexity index is 1250. The summed E-state index contributed by atoms with van der Waals surface area (Å²) in [5.41, 5.74) is 0.731. The van der Waals surface area contributed by atoms with Crippen molar-refractivity contribution in [3.05, 3.63) is 47.2 Å². The lowest BCUT2D eigenvalue weighted by atomic mass is 10.2. The van der Waals surface area contributed by atoms with Gasteiger partial charge in [-0.3, -0.25) is 0 Å². The number of sulfonamides is 1. The fourth-order valence-corrected chi connectivity index (χ4v) is 4.98. The summed E-state index contributed by atoms with van der Waals surface area (Å²) in [7, 11) is -3.78. The predicted molar refractivity (Wildman–Crippen MR) is 117 cm³/mol. The van der Waals surface area contributed by atoms with E-state index in [9.17, 15) is 8.42 Å². The maximum absolute atomic E-state index is 12.8. The molecule has 0 spiro atoms. The van der Waals surface area contributed by atoms with Crippen LogP contribution in [0.1, 0.15) is 18.7 Å². The Morgan fingerprint density at radius 1 is 1.00 bits per heavy atom. The highest BCUT2D eigenvalue weighted by Gasteiger charge is 2.22. The standard InChI is InChI=1S/C21H21ClN4O4S/c22-14-3-5-17-16(11-14)21(26-7-1-2-8-26)25-20(24-17)13-23-31(27,28)15-4-6-18-19(12-15)30-10-9-29-18/h3-6,11-12,23H,1-2,7-10,13H2. The number of hydrogen-bond acceptors (Lipinski definition) is 7. The van der Waals surface area contributed by atoms with Crippen LogP contribution in [0.25, 0.3) is 10.9 Å². The topological polar surface area (TPSA) is 93.7 Å². The van der Waals surface area contributed by atoms with Crippen molar-refractivity contribution in [2.75, 3.05) is 31.2 Å². The van der Waals surface area contributed by atoms with Gasteiger partial charge in [0, 0.05) is 29.6 Å². The molecule has 1 saturated heterocycles. The van der Waals surface area contributed by atoms with E-state index in [4.69, 9.17) is 21.1 Å². The molecule has 0 aliphatic carbocycles. The zero-order chi connectivity index (χ0) is 21.4. The molecule has 5 rings (SSSR count). The lowest BCUT2D eigenvalue weighted by molar-refractivity contribution is 0.171. The summed E-state index contributed by atoms with van der Waals surface area (Å²) in [4.78, 5) is 11.5. The third kappa shape index (κ3) is 4.13. The van der Waals surface area contributed by atoms with Crippen molar-refractivity contribution in [3.8, 4) is 11.5 Å². The SMILES string of the molecule is O=S(=O)(NCc1nc(N2CCCC2)c2cc(Cl)ccc2n1)c1ccc2c(c1)OCCO2. The van der Waals surface area contributed by atoms with Crippen LogP contribution in [0.15, 0.2) is 41.3 Å². The molecule has 10 heteroatoms. The highest BCUT2D eigenvalue weighted by atomic mass is 35.5. The number of aromatic nitrogens is 2. The van der Waals surface area contributed by atoms with Gasteiger partial charge < -0.3 is 14.4 Å². The zero-order valence-electron chi connectivity index (χ0n) is 16.7. The summed E-state index contributed by atoms with van der Waals surface area (Å²) in [6.45, 7) is 2.61. The van der Waals surface area contributed by atoms with E-state index in [1.165, 1.54) is 12.1 Å². The van der Waals surface area contributed by atoms with Gasteiger partial charge in [-0.1, -0.05) is 11.6 Å². The number of halogens is 1. The van der Waals surface area contributed by atoms with Gasteiger partial charge in [-0.05, 0) is 43.2 Å². The number of hydrogen-bond donors (Lipinski definition) is 1. The molecule has 0 radical (unpaired) electrons. The fourth-order valence-electron chi connectivity index (χ4n) is 3.81. The monoisotopic (exact) mass is 460 g/mol. The second-order valence-corrected chi connectivity index (χ2v) is 9.65. The van der Waals surface area contributed by atoms with Crippen molar-refractivity contribution in [2.45, 2.75) is 24.3 Å². The lowest BCUT2D eigenvalue weighted by Gasteiger charge is -2.20. The average molecular weight is 461 g/mol. The van der Waals surface area contributed by atoms with Gasteiger partial charge in [0.25, 0.3) is 0 Å². The van der Waals surface area contributed by atoms with E-state index in [1.54, 1.807) is 12.1 Å². The molecule has 162 valence electrons. The fraction of sp³-hybridized carbons (Fsp3) is 0.333. The summed E-state index contributed by atoms with van der Waals surface area (Å²) in [6.07, 6.45) is 2.19. The molecule has 0 unspecified atom stereocenters. The maximum atomic E-state index is 12.8. The molecule has 0 amide bonds. The van der Waals surface area contributed by atoms with Crippen LogP contribution in [0.2, 0.25) is 5.02 Å². The first-order valence-corrected chi connectivity index (χ1v) is 12.0. The molecule has 3 heterocycles. The quantitative estimate of drug-likeness (QED) is 0.625. The Labute approximate surface area is 185 Å². The molecule has 1 N–H and O–H groups in total. The Morgan fingerprint density at radius 3 is 2.58 bits per heavy atom. The molecule has 1 fully saturated rings. The average Bonchev–Trinajstić information content (AvgIpc) is 3.32. The van der Waals surface area contributed by atoms with Gasteiger partial charge in [-0.15, -0.1) is 0 Å². The predicted octanol–water partition coefficient (Wildman–Crippen LogP) is 3.13. The number of nitrogens with one attached hydrogen (secondary N) is 1. The Kier molecular flexibility index (Phi) is 5.33. The number of anilines is 1. The van der Waals surface area contributed by atoms with E-state index in [0.717, 1.165) is 42.7 Å². The molecular weight excluding hydrogens is 440 g/mol. The largest absolute Gasteiger partial charge is 0.486 e. The van der Waals surface area contributed by atoms with Gasteiger partial charge in [-0.2, -0.15) is 0 Å². The minimum atomic E-state index is -3.78. The van der Waals surface area contributed by atoms with E-state index in [1.807, 2.05) is 12.1 Å². The zero-order valence-corrected chi connectivity index (χ0v) is 18.2. The minimum absolute atomic E-state index is 0.0316. The molecule has 2 aliphatic rings. The molecule has 8 nitrogen and oxygen atoms in total. The van der Waals surface area contributed by atoms with Gasteiger partial charge in [0.05, 0.1) is 17.0 Å². The van der Waals surface area contributed by atoms with Crippen molar-refractivity contribution in [2.24, 2.45) is 0 Å². The van der Waals surface area contributed by atoms with Crippen molar-refractivity contribution in [1.29, 1.82) is 0 Å². The van der Waals surface area contributed by atoms with Crippen LogP contribution in [0, 0.1) is 0 Å². The van der Waals surface area contributed by atoms with E-state index >= 15 is 0 Å². The van der Waals surface area contributed by atoms with Crippen LogP contribution >= 0.6 is 11.6 Å². The highest BCUT2D eigenvalue weighted by Crippen LogP contribution is 2.32. The number of fused-ring (bicyclic) bond motifs is 2. The Hall–Kier alpha value is -2.62. The van der Waals surface area contributed by atoms with Crippen LogP contribution in [0.5, 0.6) is 11.5 Å². The molecule has 2 aromatic carbocycles.